The van der Waals surface area contributed by atoms with Gasteiger partial charge in [0.1, 0.15) is 17.3 Å². The Bertz CT molecular complexity index is 607. The molecule has 2 rings (SSSR count). The molecule has 0 aliphatic rings. The first-order valence-electron chi connectivity index (χ1n) is 5.58. The molecule has 0 unspecified atom stereocenters. The van der Waals surface area contributed by atoms with Crippen LogP contribution in [-0.2, 0) is 9.53 Å². The van der Waals surface area contributed by atoms with E-state index >= 15 is 0 Å². The fourth-order valence-corrected chi connectivity index (χ4v) is 1.84. The number of methoxy groups -OCH3 is 1. The molecule has 0 atom stereocenters. The first-order valence-corrected chi connectivity index (χ1v) is 5.58. The minimum Gasteiger partial charge on any atom is -0.468 e. The smallest absolute Gasteiger partial charge is 0.319 e. The molecule has 94 valence electrons. The second-order valence-electron chi connectivity index (χ2n) is 4.59. The third kappa shape index (κ3) is 1.79. The van der Waals surface area contributed by atoms with Crippen LogP contribution in [0.4, 0.5) is 0 Å². The number of hydrogen-bond donors (Lipinski definition) is 0. The van der Waals surface area contributed by atoms with E-state index in [2.05, 4.69) is 4.74 Å². The van der Waals surface area contributed by atoms with E-state index in [0.29, 0.717) is 16.5 Å². The summed E-state index contributed by atoms with van der Waals surface area (Å²) in [5.74, 6) is -0.864. The van der Waals surface area contributed by atoms with Crippen LogP contribution in [-0.4, -0.2) is 18.9 Å². The molecule has 0 spiro atoms. The molecule has 0 N–H and O–H groups in total. The van der Waals surface area contributed by atoms with E-state index in [9.17, 15) is 9.59 Å². The molecule has 18 heavy (non-hydrogen) atoms. The summed E-state index contributed by atoms with van der Waals surface area (Å²) in [7, 11) is 1.27. The SMILES string of the molecule is COC(=O)C(C)(C)C(=O)c1coc2ccccc12. The van der Waals surface area contributed by atoms with Crippen LogP contribution in [0.3, 0.4) is 0 Å². The Balaban J connectivity index is 2.49. The van der Waals surface area contributed by atoms with Crippen molar-refractivity contribution < 1.29 is 18.7 Å². The van der Waals surface area contributed by atoms with E-state index in [1.165, 1.54) is 13.4 Å². The van der Waals surface area contributed by atoms with Crippen molar-refractivity contribution in [1.82, 2.24) is 0 Å². The molecule has 0 bridgehead atoms. The van der Waals surface area contributed by atoms with E-state index in [-0.39, 0.29) is 5.78 Å². The van der Waals surface area contributed by atoms with Crippen LogP contribution in [0.2, 0.25) is 0 Å². The molecule has 0 aliphatic heterocycles. The summed E-state index contributed by atoms with van der Waals surface area (Å²) >= 11 is 0. The van der Waals surface area contributed by atoms with Gasteiger partial charge in [-0.05, 0) is 19.9 Å². The van der Waals surface area contributed by atoms with Gasteiger partial charge in [0.15, 0.2) is 5.78 Å². The van der Waals surface area contributed by atoms with Gasteiger partial charge in [-0.15, -0.1) is 0 Å². The van der Waals surface area contributed by atoms with Crippen molar-refractivity contribution in [2.75, 3.05) is 7.11 Å². The number of hydrogen-bond acceptors (Lipinski definition) is 4. The second kappa shape index (κ2) is 4.29. The topological polar surface area (TPSA) is 56.5 Å². The molecule has 0 saturated carbocycles. The molecule has 0 fully saturated rings. The highest BCUT2D eigenvalue weighted by Crippen LogP contribution is 2.29. The highest BCUT2D eigenvalue weighted by atomic mass is 16.5. The van der Waals surface area contributed by atoms with Crippen LogP contribution in [0.5, 0.6) is 0 Å². The van der Waals surface area contributed by atoms with Crippen molar-refractivity contribution >= 4 is 22.7 Å². The van der Waals surface area contributed by atoms with Gasteiger partial charge in [0.25, 0.3) is 0 Å². The van der Waals surface area contributed by atoms with Crippen LogP contribution < -0.4 is 0 Å². The number of furan rings is 1. The maximum absolute atomic E-state index is 12.4. The van der Waals surface area contributed by atoms with Crippen LogP contribution in [0, 0.1) is 5.41 Å². The van der Waals surface area contributed by atoms with E-state index in [4.69, 9.17) is 4.42 Å². The molecule has 1 aromatic carbocycles. The van der Waals surface area contributed by atoms with Crippen molar-refractivity contribution in [2.45, 2.75) is 13.8 Å². The second-order valence-corrected chi connectivity index (χ2v) is 4.59. The van der Waals surface area contributed by atoms with Gasteiger partial charge in [-0.1, -0.05) is 18.2 Å². The lowest BCUT2D eigenvalue weighted by atomic mass is 9.84. The normalized spacial score (nSPS) is 11.5. The molecular weight excluding hydrogens is 232 g/mol. The quantitative estimate of drug-likeness (QED) is 0.474. The molecule has 4 nitrogen and oxygen atoms in total. The molecule has 1 aromatic heterocycles. The number of esters is 1. The first-order chi connectivity index (χ1) is 8.48. The maximum Gasteiger partial charge on any atom is 0.319 e. The fraction of sp³-hybridized carbons (Fsp3) is 0.286. The zero-order valence-electron chi connectivity index (χ0n) is 10.5. The number of benzene rings is 1. The van der Waals surface area contributed by atoms with Crippen molar-refractivity contribution in [3.05, 3.63) is 36.1 Å². The Morgan fingerprint density at radius 3 is 2.56 bits per heavy atom. The van der Waals surface area contributed by atoms with Crippen molar-refractivity contribution in [3.8, 4) is 0 Å². The van der Waals surface area contributed by atoms with E-state index < -0.39 is 11.4 Å². The van der Waals surface area contributed by atoms with E-state index in [1.54, 1.807) is 26.0 Å². The zero-order chi connectivity index (χ0) is 13.3. The Morgan fingerprint density at radius 1 is 1.22 bits per heavy atom. The largest absolute Gasteiger partial charge is 0.468 e. The first kappa shape index (κ1) is 12.4. The lowest BCUT2D eigenvalue weighted by molar-refractivity contribution is -0.147. The predicted octanol–water partition coefficient (Wildman–Crippen LogP) is 2.81. The van der Waals surface area contributed by atoms with Crippen molar-refractivity contribution in [3.63, 3.8) is 0 Å². The van der Waals surface area contributed by atoms with E-state index in [0.717, 1.165) is 0 Å². The van der Waals surface area contributed by atoms with Gasteiger partial charge >= 0.3 is 5.97 Å². The molecule has 0 aliphatic carbocycles. The van der Waals surface area contributed by atoms with Gasteiger partial charge in [0.05, 0.1) is 12.7 Å². The van der Waals surface area contributed by atoms with Gasteiger partial charge in [-0.25, -0.2) is 0 Å². The average molecular weight is 246 g/mol. The number of para-hydroxylation sites is 1. The molecule has 2 aromatic rings. The van der Waals surface area contributed by atoms with Crippen LogP contribution in [0.1, 0.15) is 24.2 Å². The number of rotatable bonds is 3. The molecule has 0 radical (unpaired) electrons. The average Bonchev–Trinajstić information content (AvgIpc) is 2.80. The zero-order valence-corrected chi connectivity index (χ0v) is 10.5. The summed E-state index contributed by atoms with van der Waals surface area (Å²) < 4.78 is 9.96. The summed E-state index contributed by atoms with van der Waals surface area (Å²) in [4.78, 5) is 24.0. The number of carbonyl (C=O) groups excluding carboxylic acids is 2. The predicted molar refractivity (Wildman–Crippen MR) is 66.3 cm³/mol. The van der Waals surface area contributed by atoms with Gasteiger partial charge in [0.2, 0.25) is 0 Å². The number of ketones is 1. The third-order valence-electron chi connectivity index (χ3n) is 2.99. The Kier molecular flexibility index (Phi) is 2.95. The molecule has 0 amide bonds. The van der Waals surface area contributed by atoms with Gasteiger partial charge in [0, 0.05) is 5.39 Å². The van der Waals surface area contributed by atoms with Crippen molar-refractivity contribution in [1.29, 1.82) is 0 Å². The minimum absolute atomic E-state index is 0.306. The van der Waals surface area contributed by atoms with Crippen LogP contribution >= 0.6 is 0 Å². The Labute approximate surface area is 105 Å². The number of carbonyl (C=O) groups is 2. The lowest BCUT2D eigenvalue weighted by Gasteiger charge is -2.18. The molecule has 4 heteroatoms. The fourth-order valence-electron chi connectivity index (χ4n) is 1.84. The number of fused-ring (bicyclic) bond motifs is 1. The minimum atomic E-state index is -1.22. The lowest BCUT2D eigenvalue weighted by Crippen LogP contribution is -2.34. The van der Waals surface area contributed by atoms with Gasteiger partial charge < -0.3 is 9.15 Å². The summed E-state index contributed by atoms with van der Waals surface area (Å²) in [6.45, 7) is 3.09. The summed E-state index contributed by atoms with van der Waals surface area (Å²) in [5, 5.41) is 0.708. The monoisotopic (exact) mass is 246 g/mol. The van der Waals surface area contributed by atoms with Gasteiger partial charge in [-0.2, -0.15) is 0 Å². The number of ether oxygens (including phenoxy) is 1. The molecule has 0 saturated heterocycles. The van der Waals surface area contributed by atoms with Crippen LogP contribution in [0.25, 0.3) is 11.0 Å². The summed E-state index contributed by atoms with van der Waals surface area (Å²) in [6, 6.07) is 7.21. The third-order valence-corrected chi connectivity index (χ3v) is 2.99. The Hall–Kier alpha value is -2.10. The molecule has 1 heterocycles. The highest BCUT2D eigenvalue weighted by molar-refractivity contribution is 6.17. The Morgan fingerprint density at radius 2 is 1.89 bits per heavy atom. The summed E-state index contributed by atoms with van der Waals surface area (Å²) in [6.07, 6.45) is 1.39. The van der Waals surface area contributed by atoms with Crippen molar-refractivity contribution in [2.24, 2.45) is 5.41 Å². The van der Waals surface area contributed by atoms with Gasteiger partial charge in [-0.3, -0.25) is 9.59 Å². The summed E-state index contributed by atoms with van der Waals surface area (Å²) in [5.41, 5.74) is -0.191. The number of Topliss-reactive ketones (excluding diaryl/α,β-unsaturated/α-hetero) is 1. The highest BCUT2D eigenvalue weighted by Gasteiger charge is 2.39. The standard InChI is InChI=1S/C14H14O4/c1-14(2,13(16)17-3)12(15)10-8-18-11-7-5-4-6-9(10)11/h4-8H,1-3H3. The van der Waals surface area contributed by atoms with Crippen LogP contribution in [0.15, 0.2) is 34.9 Å². The molecular formula is C14H14O4. The maximum atomic E-state index is 12.4. The van der Waals surface area contributed by atoms with E-state index in [1.807, 2.05) is 12.1 Å².